The lowest BCUT2D eigenvalue weighted by atomic mass is 9.84. The Kier molecular flexibility index (Phi) is 4.58. The molecule has 0 radical (unpaired) electrons. The predicted molar refractivity (Wildman–Crippen MR) is 96.5 cm³/mol. The average Bonchev–Trinajstić information content (AvgIpc) is 3.25. The Bertz CT molecular complexity index is 638. The summed E-state index contributed by atoms with van der Waals surface area (Å²) >= 11 is 0. The molecule has 0 spiro atoms. The molecule has 6 nitrogen and oxygen atoms in total. The second-order valence-electron chi connectivity index (χ2n) is 8.63. The third kappa shape index (κ3) is 3.34. The van der Waals surface area contributed by atoms with Crippen molar-refractivity contribution in [3.63, 3.8) is 0 Å². The van der Waals surface area contributed by atoms with Gasteiger partial charge in [-0.05, 0) is 43.1 Å². The zero-order valence-corrected chi connectivity index (χ0v) is 15.4. The minimum atomic E-state index is 0.0116. The molecule has 1 aromatic rings. The van der Waals surface area contributed by atoms with Crippen molar-refractivity contribution in [3.05, 3.63) is 17.5 Å². The van der Waals surface area contributed by atoms with E-state index in [0.29, 0.717) is 24.3 Å². The molecule has 2 fully saturated rings. The van der Waals surface area contributed by atoms with Crippen molar-refractivity contribution >= 4 is 5.91 Å². The molecule has 4 unspecified atom stereocenters. The summed E-state index contributed by atoms with van der Waals surface area (Å²) in [6.07, 6.45) is 3.51. The molecule has 25 heavy (non-hydrogen) atoms. The molecular formula is C19H31N5O. The summed E-state index contributed by atoms with van der Waals surface area (Å²) in [4.78, 5) is 15.1. The molecule has 2 aliphatic carbocycles. The highest BCUT2D eigenvalue weighted by molar-refractivity contribution is 5.80. The third-order valence-corrected chi connectivity index (χ3v) is 6.28. The summed E-state index contributed by atoms with van der Waals surface area (Å²) in [6, 6.07) is 2.20. The highest BCUT2D eigenvalue weighted by Crippen LogP contribution is 2.47. The van der Waals surface area contributed by atoms with Gasteiger partial charge in [0.05, 0.1) is 30.4 Å². The standard InChI is InChI=1S/C19H31N5O/c1-12(2)10-23-5-6-24-16(11-23)8-15(22-24)9-21-19(25)17-13-3-4-14(7-13)18(17)20/h8,12-14,17-18H,3-7,9-11,20H2,1-2H3,(H,21,25). The van der Waals surface area contributed by atoms with E-state index in [-0.39, 0.29) is 17.9 Å². The predicted octanol–water partition coefficient (Wildman–Crippen LogP) is 1.34. The lowest BCUT2D eigenvalue weighted by Gasteiger charge is -2.28. The van der Waals surface area contributed by atoms with E-state index in [1.165, 1.54) is 18.5 Å². The molecule has 138 valence electrons. The van der Waals surface area contributed by atoms with Crippen molar-refractivity contribution in [2.45, 2.75) is 58.8 Å². The van der Waals surface area contributed by atoms with Crippen molar-refractivity contribution < 1.29 is 4.79 Å². The van der Waals surface area contributed by atoms with Crippen molar-refractivity contribution in [2.75, 3.05) is 13.1 Å². The topological polar surface area (TPSA) is 76.2 Å². The molecule has 0 aromatic carbocycles. The van der Waals surface area contributed by atoms with E-state index in [1.54, 1.807) is 0 Å². The van der Waals surface area contributed by atoms with Crippen molar-refractivity contribution in [2.24, 2.45) is 29.4 Å². The lowest BCUT2D eigenvalue weighted by molar-refractivity contribution is -0.127. The normalized spacial score (nSPS) is 31.5. The summed E-state index contributed by atoms with van der Waals surface area (Å²) in [6.45, 7) is 9.10. The van der Waals surface area contributed by atoms with E-state index in [4.69, 9.17) is 5.73 Å². The van der Waals surface area contributed by atoms with Gasteiger partial charge in [0.2, 0.25) is 5.91 Å². The van der Waals surface area contributed by atoms with Crippen LogP contribution in [0.25, 0.3) is 0 Å². The van der Waals surface area contributed by atoms with Gasteiger partial charge in [0.1, 0.15) is 0 Å². The third-order valence-electron chi connectivity index (χ3n) is 6.28. The van der Waals surface area contributed by atoms with Gasteiger partial charge >= 0.3 is 0 Å². The molecule has 4 rings (SSSR count). The molecule has 3 N–H and O–H groups in total. The fourth-order valence-electron chi connectivity index (χ4n) is 5.16. The van der Waals surface area contributed by atoms with Crippen LogP contribution in [-0.2, 0) is 24.4 Å². The highest BCUT2D eigenvalue weighted by Gasteiger charge is 2.48. The molecule has 2 bridgehead atoms. The SMILES string of the molecule is CC(C)CN1CCn2nc(CNC(=O)C3C4CCC(C4)C3N)cc2C1. The monoisotopic (exact) mass is 345 g/mol. The highest BCUT2D eigenvalue weighted by atomic mass is 16.1. The van der Waals surface area contributed by atoms with Crippen LogP contribution in [0.2, 0.25) is 0 Å². The van der Waals surface area contributed by atoms with Crippen LogP contribution in [0.5, 0.6) is 0 Å². The smallest absolute Gasteiger partial charge is 0.225 e. The number of nitrogens with one attached hydrogen (secondary N) is 1. The Morgan fingerprint density at radius 2 is 2.16 bits per heavy atom. The second kappa shape index (κ2) is 6.72. The first kappa shape index (κ1) is 17.0. The molecule has 1 aromatic heterocycles. The van der Waals surface area contributed by atoms with Crippen molar-refractivity contribution in [1.82, 2.24) is 20.0 Å². The number of aromatic nitrogens is 2. The first-order valence-corrected chi connectivity index (χ1v) is 9.82. The Hall–Kier alpha value is -1.40. The quantitative estimate of drug-likeness (QED) is 0.844. The van der Waals surface area contributed by atoms with Gasteiger partial charge in [-0.1, -0.05) is 13.8 Å². The minimum absolute atomic E-state index is 0.0116. The summed E-state index contributed by atoms with van der Waals surface area (Å²) in [5.74, 6) is 1.89. The van der Waals surface area contributed by atoms with Crippen LogP contribution in [0, 0.1) is 23.7 Å². The van der Waals surface area contributed by atoms with Crippen LogP contribution in [0.1, 0.15) is 44.5 Å². The molecule has 3 aliphatic rings. The number of nitrogens with zero attached hydrogens (tertiary/aromatic N) is 3. The summed E-state index contributed by atoms with van der Waals surface area (Å²) < 4.78 is 2.10. The number of fused-ring (bicyclic) bond motifs is 3. The Labute approximate surface area is 150 Å². The fourth-order valence-corrected chi connectivity index (χ4v) is 5.16. The van der Waals surface area contributed by atoms with Crippen LogP contribution < -0.4 is 11.1 Å². The number of hydrogen-bond acceptors (Lipinski definition) is 4. The second-order valence-corrected chi connectivity index (χ2v) is 8.63. The summed E-state index contributed by atoms with van der Waals surface area (Å²) in [5, 5.41) is 7.77. The Morgan fingerprint density at radius 3 is 2.88 bits per heavy atom. The van der Waals surface area contributed by atoms with Crippen molar-refractivity contribution in [3.8, 4) is 0 Å². The average molecular weight is 345 g/mol. The number of rotatable bonds is 5. The van der Waals surface area contributed by atoms with Crippen LogP contribution in [0.15, 0.2) is 6.07 Å². The molecule has 1 aliphatic heterocycles. The van der Waals surface area contributed by atoms with E-state index >= 15 is 0 Å². The molecule has 2 heterocycles. The van der Waals surface area contributed by atoms with Gasteiger partial charge in [0.15, 0.2) is 0 Å². The number of nitrogens with two attached hydrogens (primary N) is 1. The van der Waals surface area contributed by atoms with Crippen LogP contribution >= 0.6 is 0 Å². The molecule has 0 saturated heterocycles. The molecular weight excluding hydrogens is 314 g/mol. The maximum Gasteiger partial charge on any atom is 0.225 e. The Morgan fingerprint density at radius 1 is 1.36 bits per heavy atom. The number of carbonyl (C=O) groups is 1. The number of amides is 1. The molecule has 1 amide bonds. The minimum Gasteiger partial charge on any atom is -0.350 e. The molecule has 2 saturated carbocycles. The first-order chi connectivity index (χ1) is 12.0. The first-order valence-electron chi connectivity index (χ1n) is 9.82. The van der Waals surface area contributed by atoms with Crippen LogP contribution in [0.3, 0.4) is 0 Å². The van der Waals surface area contributed by atoms with Crippen LogP contribution in [-0.4, -0.2) is 39.7 Å². The van der Waals surface area contributed by atoms with E-state index in [0.717, 1.165) is 38.3 Å². The Balaban J connectivity index is 1.34. The van der Waals surface area contributed by atoms with Gasteiger partial charge in [-0.2, -0.15) is 5.10 Å². The zero-order valence-electron chi connectivity index (χ0n) is 15.4. The van der Waals surface area contributed by atoms with Crippen LogP contribution in [0.4, 0.5) is 0 Å². The summed E-state index contributed by atoms with van der Waals surface area (Å²) in [7, 11) is 0. The van der Waals surface area contributed by atoms with E-state index in [2.05, 4.69) is 39.9 Å². The van der Waals surface area contributed by atoms with Gasteiger partial charge in [0, 0.05) is 25.7 Å². The maximum atomic E-state index is 12.6. The van der Waals surface area contributed by atoms with Crippen molar-refractivity contribution in [1.29, 1.82) is 0 Å². The fraction of sp³-hybridized carbons (Fsp3) is 0.789. The maximum absolute atomic E-state index is 12.6. The summed E-state index contributed by atoms with van der Waals surface area (Å²) in [5.41, 5.74) is 8.50. The van der Waals surface area contributed by atoms with E-state index in [9.17, 15) is 4.79 Å². The molecule has 4 atom stereocenters. The largest absolute Gasteiger partial charge is 0.350 e. The van der Waals surface area contributed by atoms with Gasteiger partial charge in [-0.3, -0.25) is 14.4 Å². The van der Waals surface area contributed by atoms with E-state index in [1.807, 2.05) is 0 Å². The van der Waals surface area contributed by atoms with Gasteiger partial charge < -0.3 is 11.1 Å². The molecule has 6 heteroatoms. The lowest BCUT2D eigenvalue weighted by Crippen LogP contribution is -2.45. The number of carbonyl (C=O) groups excluding carboxylic acids is 1. The zero-order chi connectivity index (χ0) is 17.6. The van der Waals surface area contributed by atoms with Gasteiger partial charge in [-0.15, -0.1) is 0 Å². The van der Waals surface area contributed by atoms with Gasteiger partial charge in [0.25, 0.3) is 0 Å². The van der Waals surface area contributed by atoms with Gasteiger partial charge in [-0.25, -0.2) is 0 Å². The number of hydrogen-bond donors (Lipinski definition) is 2. The van der Waals surface area contributed by atoms with E-state index < -0.39 is 0 Å².